The molecule has 6 aromatic rings. The maximum absolute atomic E-state index is 7.92. The second-order valence-corrected chi connectivity index (χ2v) is 24.9. The summed E-state index contributed by atoms with van der Waals surface area (Å²) in [5.74, 6) is 2.53. The fraction of sp³-hybridized carbons (Fsp3) is 0.471. The molecule has 2 heterocycles. The van der Waals surface area contributed by atoms with Crippen molar-refractivity contribution in [3.05, 3.63) is 128 Å². The van der Waals surface area contributed by atoms with Gasteiger partial charge in [0, 0.05) is 34.9 Å². The molecule has 6 rings (SSSR count). The van der Waals surface area contributed by atoms with Crippen LogP contribution in [0.3, 0.4) is 0 Å². The molecule has 2 aromatic heterocycles. The lowest BCUT2D eigenvalue weighted by atomic mass is 9.92. The first kappa shape index (κ1) is 44.6. The molecule has 0 aliphatic heterocycles. The van der Waals surface area contributed by atoms with E-state index in [1.54, 1.807) is 0 Å². The van der Waals surface area contributed by atoms with Gasteiger partial charge in [-0.2, -0.15) is 9.13 Å². The predicted molar refractivity (Wildman–Crippen MR) is 257 cm³/mol. The topological polar surface area (TPSA) is 13.7 Å². The lowest BCUT2D eigenvalue weighted by Gasteiger charge is -2.20. The van der Waals surface area contributed by atoms with E-state index in [2.05, 4.69) is 197 Å². The van der Waals surface area contributed by atoms with Crippen LogP contribution in [0.4, 0.5) is 0 Å². The Morgan fingerprint density at radius 2 is 0.724 bits per heavy atom. The van der Waals surface area contributed by atoms with Gasteiger partial charge in [-0.15, -0.1) is 0 Å². The Morgan fingerprint density at radius 1 is 0.414 bits per heavy atom. The molecule has 310 valence electrons. The predicted octanol–water partition coefficient (Wildman–Crippen LogP) is 17.8. The summed E-state index contributed by atoms with van der Waals surface area (Å²) in [5.41, 5.74) is 15.9. The molecular formula is C51H68Cl2N3P2+. The number of halogens is 2. The highest BCUT2D eigenvalue weighted by molar-refractivity contribution is 8.22. The summed E-state index contributed by atoms with van der Waals surface area (Å²) in [4.78, 5) is 0. The minimum absolute atomic E-state index is 0.273. The maximum Gasteiger partial charge on any atom is 0.337 e. The zero-order chi connectivity index (χ0) is 42.7. The molecule has 0 aliphatic carbocycles. The van der Waals surface area contributed by atoms with Gasteiger partial charge in [0.1, 0.15) is 18.7 Å². The van der Waals surface area contributed by atoms with Crippen LogP contribution < -0.4 is 4.57 Å². The van der Waals surface area contributed by atoms with Crippen molar-refractivity contribution in [1.29, 1.82) is 0 Å². The average Bonchev–Trinajstić information content (AvgIpc) is 3.83. The van der Waals surface area contributed by atoms with E-state index in [-0.39, 0.29) is 23.7 Å². The molecule has 2 unspecified atom stereocenters. The van der Waals surface area contributed by atoms with Crippen molar-refractivity contribution in [1.82, 2.24) is 8.66 Å². The van der Waals surface area contributed by atoms with E-state index in [1.807, 2.05) is 0 Å². The number of rotatable bonds is 13. The summed E-state index contributed by atoms with van der Waals surface area (Å²) in [6.07, 6.45) is 0. The van der Waals surface area contributed by atoms with Gasteiger partial charge < -0.3 is 0 Å². The van der Waals surface area contributed by atoms with Crippen LogP contribution >= 0.6 is 37.9 Å². The van der Waals surface area contributed by atoms with Crippen molar-refractivity contribution in [2.75, 3.05) is 0 Å². The van der Waals surface area contributed by atoms with Crippen molar-refractivity contribution >= 4 is 37.9 Å². The normalized spacial score (nSPS) is 13.1. The van der Waals surface area contributed by atoms with E-state index in [1.165, 1.54) is 72.4 Å². The Bertz CT molecular complexity index is 2140. The highest BCUT2D eigenvalue weighted by Crippen LogP contribution is 2.77. The molecule has 0 bridgehead atoms. The third-order valence-corrected chi connectivity index (χ3v) is 19.3. The van der Waals surface area contributed by atoms with E-state index in [0.717, 1.165) is 0 Å². The van der Waals surface area contributed by atoms with Crippen LogP contribution in [0.5, 0.6) is 0 Å². The number of nitrogens with zero attached hydrogens (tertiary/aromatic N) is 3. The highest BCUT2D eigenvalue weighted by atomic mass is 35.5. The van der Waals surface area contributed by atoms with Crippen LogP contribution in [0.15, 0.2) is 72.8 Å². The fourth-order valence-electron chi connectivity index (χ4n) is 8.74. The van der Waals surface area contributed by atoms with Crippen molar-refractivity contribution in [3.63, 3.8) is 0 Å². The molecule has 58 heavy (non-hydrogen) atoms. The Hall–Kier alpha value is -2.93. The number of para-hydroxylation sites is 3. The van der Waals surface area contributed by atoms with Crippen molar-refractivity contribution in [2.24, 2.45) is 0 Å². The lowest BCUT2D eigenvalue weighted by molar-refractivity contribution is -0.578. The third-order valence-electron chi connectivity index (χ3n) is 11.9. The summed E-state index contributed by atoms with van der Waals surface area (Å²) in [7, 11) is -1.93. The van der Waals surface area contributed by atoms with Crippen molar-refractivity contribution in [3.8, 4) is 27.9 Å². The molecule has 0 saturated heterocycles. The minimum atomic E-state index is -1.04. The minimum Gasteiger partial charge on any atom is -0.267 e. The monoisotopic (exact) mass is 854 g/mol. The third kappa shape index (κ3) is 7.89. The second-order valence-electron chi connectivity index (χ2n) is 18.8. The number of imidazole rings is 1. The van der Waals surface area contributed by atoms with Crippen molar-refractivity contribution < 1.29 is 4.57 Å². The molecule has 4 aromatic carbocycles. The zero-order valence-electron chi connectivity index (χ0n) is 38.0. The second kappa shape index (κ2) is 17.6. The van der Waals surface area contributed by atoms with Crippen LogP contribution in [0.2, 0.25) is 10.3 Å². The van der Waals surface area contributed by atoms with Gasteiger partial charge in [0.15, 0.2) is 0 Å². The van der Waals surface area contributed by atoms with Gasteiger partial charge >= 0.3 is 5.57 Å². The largest absolute Gasteiger partial charge is 0.337 e. The number of hydrogen-bond donors (Lipinski definition) is 0. The van der Waals surface area contributed by atoms with Crippen molar-refractivity contribution in [2.45, 2.75) is 158 Å². The first-order valence-electron chi connectivity index (χ1n) is 21.8. The van der Waals surface area contributed by atoms with Gasteiger partial charge in [0.05, 0.1) is 5.69 Å². The average molecular weight is 856 g/mol. The van der Waals surface area contributed by atoms with E-state index in [0.29, 0.717) is 34.0 Å². The molecule has 0 N–H and O–H groups in total. The molecule has 3 nitrogen and oxygen atoms in total. The maximum atomic E-state index is 7.92. The van der Waals surface area contributed by atoms with Gasteiger partial charge in [-0.3, -0.25) is 4.09 Å². The molecule has 2 atom stereocenters. The van der Waals surface area contributed by atoms with E-state index in [9.17, 15) is 0 Å². The molecule has 7 heteroatoms. The first-order chi connectivity index (χ1) is 27.3. The molecule has 0 saturated carbocycles. The highest BCUT2D eigenvalue weighted by Gasteiger charge is 2.46. The number of benzene rings is 4. The standard InChI is InChI=1S/C51H68Cl2N3P2/c1-29(2)37-21-17-22-38(30(3)4)45(37)54-49(52)50(53)55(46-39(31(5)6)23-18-24-40(46)32(7)8)51(54)58-56(47-41(33(9)10)25-19-26-42(47)34(11)12)57(58)48-43(35(13)14)27-20-28-44(48)36(15)16/h17-36H,1-16H3/q+1. The summed E-state index contributed by atoms with van der Waals surface area (Å²) < 4.78 is 7.78. The number of aromatic nitrogens is 3. The quantitative estimate of drug-likeness (QED) is 0.103. The Morgan fingerprint density at radius 3 is 1.07 bits per heavy atom. The Labute approximate surface area is 363 Å². The summed E-state index contributed by atoms with van der Waals surface area (Å²) in [5, 5.41) is 2.72. The summed E-state index contributed by atoms with van der Waals surface area (Å²) in [6, 6.07) is 27.8. The van der Waals surface area contributed by atoms with Gasteiger partial charge in [0.25, 0.3) is 10.3 Å². The van der Waals surface area contributed by atoms with Gasteiger partial charge in [0.2, 0.25) is 0 Å². The summed E-state index contributed by atoms with van der Waals surface area (Å²) in [6.45, 7) is 37.4. The van der Waals surface area contributed by atoms with E-state index in [4.69, 9.17) is 23.2 Å². The first-order valence-corrected chi connectivity index (χ1v) is 25.8. The smallest absolute Gasteiger partial charge is 0.267 e. The van der Waals surface area contributed by atoms with Gasteiger partial charge in [-0.05, 0) is 92.8 Å². The van der Waals surface area contributed by atoms with Crippen LogP contribution in [0, 0.1) is 0 Å². The molecule has 0 spiro atoms. The molecule has 0 aliphatic rings. The Kier molecular flexibility index (Phi) is 13.5. The molecule has 0 fully saturated rings. The number of hydrogen-bond acceptors (Lipinski definition) is 0. The zero-order valence-corrected chi connectivity index (χ0v) is 41.3. The van der Waals surface area contributed by atoms with Gasteiger partial charge in [-0.1, -0.05) is 184 Å². The molecule has 0 amide bonds. The summed E-state index contributed by atoms with van der Waals surface area (Å²) >= 11 is 15.8. The van der Waals surface area contributed by atoms with Crippen LogP contribution in [0.25, 0.3) is 27.9 Å². The molecule has 0 radical (unpaired) electrons. The molecular weight excluding hydrogens is 787 g/mol. The van der Waals surface area contributed by atoms with E-state index >= 15 is 0 Å². The SMILES string of the molecule is CC(C)c1cccc(C(C)C)c1-n1c(Cl)c(Cl)[n+](-c2c(C(C)C)cccc2C(C)C)c1-p1n(-c2c(C(C)C)cccc2C(C)C)p1-c1c(C(C)C)cccc1C(C)C. The Balaban J connectivity index is 1.98. The fourth-order valence-corrected chi connectivity index (χ4v) is 17.9. The van der Waals surface area contributed by atoms with Crippen LogP contribution in [0.1, 0.15) is 203 Å². The van der Waals surface area contributed by atoms with Crippen LogP contribution in [-0.2, 0) is 0 Å². The van der Waals surface area contributed by atoms with Gasteiger partial charge in [-0.25, -0.2) is 0 Å². The lowest BCUT2D eigenvalue weighted by Crippen LogP contribution is -2.35. The van der Waals surface area contributed by atoms with E-state index < -0.39 is 14.7 Å². The van der Waals surface area contributed by atoms with Crippen LogP contribution in [-0.4, -0.2) is 8.66 Å².